The minimum absolute atomic E-state index is 0.0648. The van der Waals surface area contributed by atoms with Gasteiger partial charge in [-0.15, -0.1) is 11.8 Å². The first-order chi connectivity index (χ1) is 13.1. The van der Waals surface area contributed by atoms with Gasteiger partial charge in [0.05, 0.1) is 19.0 Å². The summed E-state index contributed by atoms with van der Waals surface area (Å²) in [6, 6.07) is 7.48. The number of aromatic nitrogens is 4. The molecule has 1 fully saturated rings. The number of hydrogen-bond donors (Lipinski definition) is 4. The molecule has 10 heteroatoms. The van der Waals surface area contributed by atoms with E-state index in [4.69, 9.17) is 10.5 Å². The first-order valence-electron chi connectivity index (χ1n) is 8.36. The highest BCUT2D eigenvalue weighted by molar-refractivity contribution is 7.99. The zero-order chi connectivity index (χ0) is 19.0. The molecule has 1 aromatic carbocycles. The summed E-state index contributed by atoms with van der Waals surface area (Å²) in [5.74, 6) is 0.648. The molecular weight excluding hydrogens is 370 g/mol. The normalized spacial score (nSPS) is 25.3. The number of rotatable bonds is 5. The number of fused-ring (bicyclic) bond motifs is 1. The van der Waals surface area contributed by atoms with Crippen molar-refractivity contribution in [1.29, 1.82) is 0 Å². The van der Waals surface area contributed by atoms with Crippen LogP contribution in [0.5, 0.6) is 0 Å². The van der Waals surface area contributed by atoms with Crippen molar-refractivity contribution in [1.82, 2.24) is 19.5 Å². The van der Waals surface area contributed by atoms with Crippen LogP contribution < -0.4 is 5.73 Å². The Labute approximate surface area is 158 Å². The molecular formula is C17H19N5O4S. The number of hydrogen-bond acceptors (Lipinski definition) is 9. The Morgan fingerprint density at radius 3 is 2.78 bits per heavy atom. The van der Waals surface area contributed by atoms with Crippen LogP contribution in [0.1, 0.15) is 11.8 Å². The fourth-order valence-electron chi connectivity index (χ4n) is 3.10. The van der Waals surface area contributed by atoms with Gasteiger partial charge in [0.25, 0.3) is 0 Å². The van der Waals surface area contributed by atoms with Gasteiger partial charge in [0.15, 0.2) is 17.7 Å². The minimum Gasteiger partial charge on any atom is -0.392 e. The topological polar surface area (TPSA) is 140 Å². The average molecular weight is 389 g/mol. The van der Waals surface area contributed by atoms with E-state index in [-0.39, 0.29) is 12.4 Å². The van der Waals surface area contributed by atoms with E-state index in [1.54, 1.807) is 4.57 Å². The number of imidazole rings is 1. The van der Waals surface area contributed by atoms with Gasteiger partial charge in [-0.1, -0.05) is 18.2 Å². The molecule has 1 aliphatic heterocycles. The van der Waals surface area contributed by atoms with Gasteiger partial charge in [-0.2, -0.15) is 0 Å². The summed E-state index contributed by atoms with van der Waals surface area (Å²) in [5.41, 5.74) is 7.44. The number of nitrogen functional groups attached to an aromatic ring is 1. The highest BCUT2D eigenvalue weighted by Gasteiger charge is 2.44. The summed E-state index contributed by atoms with van der Waals surface area (Å²) in [7, 11) is 0. The van der Waals surface area contributed by atoms with Crippen molar-refractivity contribution in [3.05, 3.63) is 42.5 Å². The minimum atomic E-state index is -1.14. The standard InChI is InChI=1S/C17H19N5O4S/c18-15-12-16(20-7-19-15)22(8-21-12)17-14(25)13(24)10(26-17)6-27-11-4-2-1-3-9(11)5-23/h1-4,7-8,10,13-14,17,23-25H,5-6H2,(H2,18,19,20)/t10-,13-,14-,17-/m1/s1. The molecule has 9 nitrogen and oxygen atoms in total. The Morgan fingerprint density at radius 2 is 1.96 bits per heavy atom. The van der Waals surface area contributed by atoms with Crippen molar-refractivity contribution in [3.63, 3.8) is 0 Å². The molecule has 27 heavy (non-hydrogen) atoms. The summed E-state index contributed by atoms with van der Waals surface area (Å²) in [5, 5.41) is 30.3. The molecule has 1 aliphatic rings. The molecule has 4 atom stereocenters. The van der Waals surface area contributed by atoms with Crippen LogP contribution in [0.3, 0.4) is 0 Å². The van der Waals surface area contributed by atoms with Crippen LogP contribution in [-0.4, -0.2) is 58.9 Å². The van der Waals surface area contributed by atoms with Gasteiger partial charge >= 0.3 is 0 Å². The van der Waals surface area contributed by atoms with Gasteiger partial charge in [0.2, 0.25) is 0 Å². The van der Waals surface area contributed by atoms with Gasteiger partial charge in [-0.25, -0.2) is 15.0 Å². The average Bonchev–Trinajstić information content (AvgIpc) is 3.23. The van der Waals surface area contributed by atoms with Crippen LogP contribution >= 0.6 is 11.8 Å². The van der Waals surface area contributed by atoms with Crippen molar-refractivity contribution in [2.75, 3.05) is 11.5 Å². The highest BCUT2D eigenvalue weighted by atomic mass is 32.2. The molecule has 0 bridgehead atoms. The molecule has 0 saturated carbocycles. The molecule has 2 aromatic heterocycles. The molecule has 3 heterocycles. The molecule has 4 rings (SSSR count). The van der Waals surface area contributed by atoms with E-state index in [0.717, 1.165) is 10.5 Å². The number of aliphatic hydroxyl groups excluding tert-OH is 3. The molecule has 0 unspecified atom stereocenters. The quantitative estimate of drug-likeness (QED) is 0.454. The lowest BCUT2D eigenvalue weighted by molar-refractivity contribution is -0.0289. The molecule has 1 saturated heterocycles. The predicted molar refractivity (Wildman–Crippen MR) is 98.7 cm³/mol. The Balaban J connectivity index is 1.53. The fraction of sp³-hybridized carbons (Fsp3) is 0.353. The predicted octanol–water partition coefficient (Wildman–Crippen LogP) is 0.312. The van der Waals surface area contributed by atoms with E-state index < -0.39 is 24.5 Å². The maximum Gasteiger partial charge on any atom is 0.167 e. The first-order valence-corrected chi connectivity index (χ1v) is 9.35. The van der Waals surface area contributed by atoms with Gasteiger partial charge < -0.3 is 25.8 Å². The van der Waals surface area contributed by atoms with Crippen molar-refractivity contribution in [3.8, 4) is 0 Å². The summed E-state index contributed by atoms with van der Waals surface area (Å²) >= 11 is 1.45. The Morgan fingerprint density at radius 1 is 1.15 bits per heavy atom. The van der Waals surface area contributed by atoms with E-state index in [0.29, 0.717) is 16.9 Å². The molecule has 0 aliphatic carbocycles. The molecule has 5 N–H and O–H groups in total. The Bertz CT molecular complexity index is 952. The Kier molecular flexibility index (Phi) is 4.98. The number of nitrogens with two attached hydrogens (primary N) is 1. The van der Waals surface area contributed by atoms with E-state index in [2.05, 4.69) is 15.0 Å². The second-order valence-electron chi connectivity index (χ2n) is 6.21. The Hall–Kier alpha value is -2.24. The number of benzene rings is 1. The van der Waals surface area contributed by atoms with E-state index >= 15 is 0 Å². The summed E-state index contributed by atoms with van der Waals surface area (Å²) < 4.78 is 7.46. The van der Waals surface area contributed by atoms with Crippen LogP contribution in [0.25, 0.3) is 11.2 Å². The monoisotopic (exact) mass is 389 g/mol. The van der Waals surface area contributed by atoms with Gasteiger partial charge in [0, 0.05) is 10.6 Å². The highest BCUT2D eigenvalue weighted by Crippen LogP contribution is 2.35. The first kappa shape index (κ1) is 18.1. The largest absolute Gasteiger partial charge is 0.392 e. The van der Waals surface area contributed by atoms with E-state index in [1.165, 1.54) is 24.4 Å². The molecule has 0 radical (unpaired) electrons. The second kappa shape index (κ2) is 7.41. The molecule has 3 aromatic rings. The molecule has 142 valence electrons. The number of anilines is 1. The van der Waals surface area contributed by atoms with Crippen molar-refractivity contribution < 1.29 is 20.1 Å². The van der Waals surface area contributed by atoms with Crippen LogP contribution in [0, 0.1) is 0 Å². The maximum atomic E-state index is 10.5. The van der Waals surface area contributed by atoms with Gasteiger partial charge in [-0.3, -0.25) is 4.57 Å². The smallest absolute Gasteiger partial charge is 0.167 e. The van der Waals surface area contributed by atoms with Crippen molar-refractivity contribution >= 4 is 28.7 Å². The SMILES string of the molecule is Nc1ncnc2c1ncn2[C@@H]1O[C@H](CSc2ccccc2CO)[C@@H](O)[C@H]1O. The van der Waals surface area contributed by atoms with Crippen LogP contribution in [0.4, 0.5) is 5.82 Å². The zero-order valence-corrected chi connectivity index (χ0v) is 15.0. The lowest BCUT2D eigenvalue weighted by Gasteiger charge is -2.16. The number of thioether (sulfide) groups is 1. The molecule has 0 spiro atoms. The van der Waals surface area contributed by atoms with Crippen LogP contribution in [0.15, 0.2) is 41.8 Å². The lowest BCUT2D eigenvalue weighted by Crippen LogP contribution is -2.32. The summed E-state index contributed by atoms with van der Waals surface area (Å²) in [6.45, 7) is -0.0648. The summed E-state index contributed by atoms with van der Waals surface area (Å²) in [6.07, 6.45) is -0.867. The van der Waals surface area contributed by atoms with Crippen LogP contribution in [0.2, 0.25) is 0 Å². The van der Waals surface area contributed by atoms with Crippen molar-refractivity contribution in [2.45, 2.75) is 36.0 Å². The lowest BCUT2D eigenvalue weighted by atomic mass is 10.1. The second-order valence-corrected chi connectivity index (χ2v) is 7.27. The van der Waals surface area contributed by atoms with Crippen molar-refractivity contribution in [2.24, 2.45) is 0 Å². The number of nitrogens with zero attached hydrogens (tertiary/aromatic N) is 4. The third kappa shape index (κ3) is 3.26. The zero-order valence-electron chi connectivity index (χ0n) is 14.2. The maximum absolute atomic E-state index is 10.5. The van der Waals surface area contributed by atoms with E-state index in [1.807, 2.05) is 24.3 Å². The number of aliphatic hydroxyl groups is 3. The number of ether oxygens (including phenoxy) is 1. The van der Waals surface area contributed by atoms with Gasteiger partial charge in [-0.05, 0) is 11.6 Å². The van der Waals surface area contributed by atoms with E-state index in [9.17, 15) is 15.3 Å². The molecule has 0 amide bonds. The third-order valence-electron chi connectivity index (χ3n) is 4.54. The summed E-state index contributed by atoms with van der Waals surface area (Å²) in [4.78, 5) is 13.1. The van der Waals surface area contributed by atoms with Gasteiger partial charge in [0.1, 0.15) is 24.1 Å². The third-order valence-corrected chi connectivity index (χ3v) is 5.75. The fourth-order valence-corrected chi connectivity index (χ4v) is 4.21. The van der Waals surface area contributed by atoms with Crippen LogP contribution in [-0.2, 0) is 11.3 Å².